The van der Waals surface area contributed by atoms with Crippen LogP contribution in [0, 0.1) is 6.92 Å². The molecule has 2 aliphatic rings. The van der Waals surface area contributed by atoms with E-state index >= 15 is 0 Å². The summed E-state index contributed by atoms with van der Waals surface area (Å²) in [5.41, 5.74) is 3.65. The van der Waals surface area contributed by atoms with Gasteiger partial charge < -0.3 is 10.1 Å². The van der Waals surface area contributed by atoms with Crippen molar-refractivity contribution < 1.29 is 17.9 Å². The van der Waals surface area contributed by atoms with Crippen molar-refractivity contribution >= 4 is 21.6 Å². The first-order valence-electron chi connectivity index (χ1n) is 10.6. The number of carbonyl (C=O) groups is 1. The van der Waals surface area contributed by atoms with Crippen molar-refractivity contribution in [3.05, 3.63) is 59.2 Å². The highest BCUT2D eigenvalue weighted by atomic mass is 32.2. The van der Waals surface area contributed by atoms with Crippen LogP contribution in [0.2, 0.25) is 0 Å². The van der Waals surface area contributed by atoms with Gasteiger partial charge in [-0.25, -0.2) is 8.42 Å². The molecule has 0 radical (unpaired) electrons. The number of ether oxygens (including phenoxy) is 1. The molecule has 166 valence electrons. The van der Waals surface area contributed by atoms with E-state index in [9.17, 15) is 13.2 Å². The number of rotatable bonds is 6. The fourth-order valence-electron chi connectivity index (χ4n) is 4.08. The Bertz CT molecular complexity index is 1050. The summed E-state index contributed by atoms with van der Waals surface area (Å²) in [6.07, 6.45) is 2.78. The summed E-state index contributed by atoms with van der Waals surface area (Å²) in [7, 11) is -3.53. The van der Waals surface area contributed by atoms with Crippen LogP contribution < -0.4 is 14.4 Å². The Balaban J connectivity index is 1.39. The first-order valence-corrected chi connectivity index (χ1v) is 12.5. The number of aryl methyl sites for hydroxylation is 1. The van der Waals surface area contributed by atoms with E-state index in [-0.39, 0.29) is 12.5 Å². The number of carbonyl (C=O) groups excluding carboxylic acids is 1. The van der Waals surface area contributed by atoms with Crippen LogP contribution in [0.15, 0.2) is 42.5 Å². The lowest BCUT2D eigenvalue weighted by atomic mass is 10.1. The molecule has 1 N–H and O–H groups in total. The Labute approximate surface area is 184 Å². The normalized spacial score (nSPS) is 19.0. The lowest BCUT2D eigenvalue weighted by Gasteiger charge is -2.34. The van der Waals surface area contributed by atoms with Crippen LogP contribution in [0.25, 0.3) is 0 Å². The predicted octanol–water partition coefficient (Wildman–Crippen LogP) is 2.43. The zero-order chi connectivity index (χ0) is 22.0. The van der Waals surface area contributed by atoms with Crippen LogP contribution in [0.3, 0.4) is 0 Å². The largest absolute Gasteiger partial charge is 0.476 e. The molecular weight excluding hydrogens is 414 g/mol. The fraction of sp³-hybridized carbons (Fsp3) is 0.435. The molecule has 1 fully saturated rings. The summed E-state index contributed by atoms with van der Waals surface area (Å²) in [6, 6.07) is 13.5. The Morgan fingerprint density at radius 2 is 1.77 bits per heavy atom. The Kier molecular flexibility index (Phi) is 6.20. The van der Waals surface area contributed by atoms with Gasteiger partial charge in [0.1, 0.15) is 5.75 Å². The summed E-state index contributed by atoms with van der Waals surface area (Å²) in [5.74, 6) is 0.0741. The molecule has 31 heavy (non-hydrogen) atoms. The van der Waals surface area contributed by atoms with Gasteiger partial charge in [0.05, 0.1) is 18.5 Å². The Morgan fingerprint density at radius 3 is 2.45 bits per heavy atom. The Hall–Kier alpha value is -2.58. The summed E-state index contributed by atoms with van der Waals surface area (Å²) >= 11 is 0. The third kappa shape index (κ3) is 5.19. The number of sulfonamides is 1. The molecule has 4 rings (SSSR count). The second-order valence-electron chi connectivity index (χ2n) is 8.39. The van der Waals surface area contributed by atoms with E-state index < -0.39 is 16.1 Å². The van der Waals surface area contributed by atoms with Crippen LogP contribution in [-0.2, 0) is 27.9 Å². The van der Waals surface area contributed by atoms with Crippen molar-refractivity contribution in [2.75, 3.05) is 30.2 Å². The molecule has 0 aliphatic carbocycles. The van der Waals surface area contributed by atoms with Gasteiger partial charge in [0.15, 0.2) is 6.10 Å². The monoisotopic (exact) mass is 443 g/mol. The zero-order valence-corrected chi connectivity index (χ0v) is 18.8. The predicted molar refractivity (Wildman–Crippen MR) is 121 cm³/mol. The fourth-order valence-corrected chi connectivity index (χ4v) is 4.99. The summed E-state index contributed by atoms with van der Waals surface area (Å²) in [6.45, 7) is 5.49. The number of benzene rings is 2. The van der Waals surface area contributed by atoms with E-state index in [0.29, 0.717) is 18.0 Å². The third-order valence-corrected chi connectivity index (χ3v) is 6.92. The van der Waals surface area contributed by atoms with E-state index in [1.165, 1.54) is 22.7 Å². The maximum atomic E-state index is 12.8. The first kappa shape index (κ1) is 21.6. The minimum absolute atomic E-state index is 0.0461. The quantitative estimate of drug-likeness (QED) is 0.742. The molecule has 8 heteroatoms. The molecule has 2 aromatic rings. The SMILES string of the molecule is Cc1ccc2c(c1)O[C@@H](C(=O)NCc1ccc(CN3CCCC3)cc1)CN2S(C)(=O)=O. The highest BCUT2D eigenvalue weighted by molar-refractivity contribution is 7.92. The maximum absolute atomic E-state index is 12.8. The average molecular weight is 444 g/mol. The number of nitrogens with zero attached hydrogens (tertiary/aromatic N) is 2. The molecule has 1 atom stereocenters. The van der Waals surface area contributed by atoms with Gasteiger partial charge in [-0.15, -0.1) is 0 Å². The number of anilines is 1. The Morgan fingerprint density at radius 1 is 1.10 bits per heavy atom. The summed E-state index contributed by atoms with van der Waals surface area (Å²) in [4.78, 5) is 15.2. The summed E-state index contributed by atoms with van der Waals surface area (Å²) < 4.78 is 31.6. The second kappa shape index (κ2) is 8.88. The van der Waals surface area contributed by atoms with Crippen molar-refractivity contribution in [2.45, 2.75) is 39.0 Å². The minimum Gasteiger partial charge on any atom is -0.476 e. The van der Waals surface area contributed by atoms with Crippen molar-refractivity contribution in [1.29, 1.82) is 0 Å². The zero-order valence-electron chi connectivity index (χ0n) is 18.0. The van der Waals surface area contributed by atoms with Crippen LogP contribution in [0.4, 0.5) is 5.69 Å². The van der Waals surface area contributed by atoms with Crippen LogP contribution >= 0.6 is 0 Å². The second-order valence-corrected chi connectivity index (χ2v) is 10.3. The van der Waals surface area contributed by atoms with E-state index in [1.54, 1.807) is 12.1 Å². The molecule has 2 heterocycles. The van der Waals surface area contributed by atoms with Gasteiger partial charge >= 0.3 is 0 Å². The highest BCUT2D eigenvalue weighted by Gasteiger charge is 2.34. The molecular formula is C23H29N3O4S. The molecule has 0 saturated carbocycles. The van der Waals surface area contributed by atoms with Gasteiger partial charge in [0, 0.05) is 13.1 Å². The van der Waals surface area contributed by atoms with Crippen molar-refractivity contribution in [3.8, 4) is 5.75 Å². The highest BCUT2D eigenvalue weighted by Crippen LogP contribution is 2.35. The van der Waals surface area contributed by atoms with E-state index in [2.05, 4.69) is 22.3 Å². The standard InChI is InChI=1S/C23H29N3O4S/c1-17-5-10-20-21(13-17)30-22(16-26(20)31(2,28)29)23(27)24-14-18-6-8-19(9-7-18)15-25-11-3-4-12-25/h5-10,13,22H,3-4,11-12,14-16H2,1-2H3,(H,24,27)/t22-/m1/s1. The van der Waals surface area contributed by atoms with E-state index in [1.807, 2.05) is 25.1 Å². The van der Waals surface area contributed by atoms with Gasteiger partial charge in [0.25, 0.3) is 5.91 Å². The number of nitrogens with one attached hydrogen (secondary N) is 1. The molecule has 1 saturated heterocycles. The van der Waals surface area contributed by atoms with Gasteiger partial charge in [0.2, 0.25) is 10.0 Å². The van der Waals surface area contributed by atoms with Crippen molar-refractivity contribution in [3.63, 3.8) is 0 Å². The topological polar surface area (TPSA) is 79.0 Å². The molecule has 0 unspecified atom stereocenters. The van der Waals surface area contributed by atoms with Crippen LogP contribution in [-0.4, -0.2) is 51.2 Å². The van der Waals surface area contributed by atoms with Gasteiger partial charge in [-0.2, -0.15) is 0 Å². The number of amides is 1. The molecule has 0 aromatic heterocycles. The van der Waals surface area contributed by atoms with E-state index in [0.717, 1.165) is 37.0 Å². The van der Waals surface area contributed by atoms with Gasteiger partial charge in [-0.05, 0) is 61.7 Å². The third-order valence-electron chi connectivity index (χ3n) is 5.77. The first-order chi connectivity index (χ1) is 14.8. The number of fused-ring (bicyclic) bond motifs is 1. The lowest BCUT2D eigenvalue weighted by Crippen LogP contribution is -2.50. The van der Waals surface area contributed by atoms with Crippen LogP contribution in [0.5, 0.6) is 5.75 Å². The van der Waals surface area contributed by atoms with Crippen molar-refractivity contribution in [1.82, 2.24) is 10.2 Å². The molecule has 0 bridgehead atoms. The van der Waals surface area contributed by atoms with Gasteiger partial charge in [-0.3, -0.25) is 14.0 Å². The number of hydrogen-bond acceptors (Lipinski definition) is 5. The molecule has 7 nitrogen and oxygen atoms in total. The minimum atomic E-state index is -3.53. The number of hydrogen-bond donors (Lipinski definition) is 1. The maximum Gasteiger partial charge on any atom is 0.263 e. The molecule has 0 spiro atoms. The average Bonchev–Trinajstić information content (AvgIpc) is 3.24. The van der Waals surface area contributed by atoms with Crippen LogP contribution in [0.1, 0.15) is 29.5 Å². The van der Waals surface area contributed by atoms with Crippen molar-refractivity contribution in [2.24, 2.45) is 0 Å². The molecule has 2 aromatic carbocycles. The molecule has 2 aliphatic heterocycles. The number of likely N-dealkylation sites (tertiary alicyclic amines) is 1. The summed E-state index contributed by atoms with van der Waals surface area (Å²) in [5, 5.41) is 2.88. The van der Waals surface area contributed by atoms with Gasteiger partial charge in [-0.1, -0.05) is 30.3 Å². The van der Waals surface area contributed by atoms with E-state index in [4.69, 9.17) is 4.74 Å². The lowest BCUT2D eigenvalue weighted by molar-refractivity contribution is -0.127. The smallest absolute Gasteiger partial charge is 0.263 e. The molecule has 1 amide bonds.